The van der Waals surface area contributed by atoms with Crippen LogP contribution in [0.2, 0.25) is 0 Å². The molecule has 1 aromatic heterocycles. The minimum absolute atomic E-state index is 0.259. The molecule has 0 saturated heterocycles. The number of allylic oxidation sites excluding steroid dienone is 1. The molecule has 0 radical (unpaired) electrons. The Balaban J connectivity index is 1.93. The number of fused-ring (bicyclic) bond motifs is 1. The highest BCUT2D eigenvalue weighted by Gasteiger charge is 2.29. The molecule has 0 N–H and O–H groups in total. The van der Waals surface area contributed by atoms with E-state index in [2.05, 4.69) is 11.7 Å². The minimum Gasteiger partial charge on any atom is -0.271 e. The maximum atomic E-state index is 13.4. The van der Waals surface area contributed by atoms with Crippen molar-refractivity contribution in [3.8, 4) is 6.07 Å². The highest BCUT2D eigenvalue weighted by Crippen LogP contribution is 2.30. The summed E-state index contributed by atoms with van der Waals surface area (Å²) in [6.45, 7) is 3.83. The van der Waals surface area contributed by atoms with E-state index in [1.807, 2.05) is 6.07 Å². The van der Waals surface area contributed by atoms with E-state index < -0.39 is 17.7 Å². The molecular formula is C16H14F2N4O. The summed E-state index contributed by atoms with van der Waals surface area (Å²) in [5.41, 5.74) is 0.455. The molecule has 7 heteroatoms. The Bertz CT molecular complexity index is 855. The number of benzene rings is 1. The van der Waals surface area contributed by atoms with Crippen LogP contribution < -0.4 is 5.69 Å². The first kappa shape index (κ1) is 15.2. The summed E-state index contributed by atoms with van der Waals surface area (Å²) in [7, 11) is 0. The van der Waals surface area contributed by atoms with Gasteiger partial charge in [0, 0.05) is 24.5 Å². The molecule has 0 bridgehead atoms. The fourth-order valence-electron chi connectivity index (χ4n) is 2.87. The molecule has 1 aliphatic heterocycles. The second-order valence-corrected chi connectivity index (χ2v) is 5.51. The molecule has 1 atom stereocenters. The van der Waals surface area contributed by atoms with Crippen LogP contribution in [0.15, 0.2) is 35.1 Å². The molecule has 5 nitrogen and oxygen atoms in total. The third-order valence-electron chi connectivity index (χ3n) is 3.95. The van der Waals surface area contributed by atoms with Crippen LogP contribution in [0.1, 0.15) is 30.3 Å². The zero-order valence-electron chi connectivity index (χ0n) is 12.3. The van der Waals surface area contributed by atoms with Crippen LogP contribution >= 0.6 is 0 Å². The van der Waals surface area contributed by atoms with E-state index in [4.69, 9.17) is 5.26 Å². The van der Waals surface area contributed by atoms with Gasteiger partial charge in [-0.25, -0.2) is 18.3 Å². The van der Waals surface area contributed by atoms with Crippen molar-refractivity contribution in [2.75, 3.05) is 0 Å². The third-order valence-corrected chi connectivity index (χ3v) is 3.95. The standard InChI is InChI=1S/C16H14F2N4O/c1-10(9-19)4-5-21-16(23)22-14(2-3-15(22)20-21)11-6-12(17)8-13(18)7-11/h6-8,14H,1-5H2. The first-order valence-electron chi connectivity index (χ1n) is 7.21. The largest absolute Gasteiger partial charge is 0.346 e. The summed E-state index contributed by atoms with van der Waals surface area (Å²) in [4.78, 5) is 12.5. The van der Waals surface area contributed by atoms with Crippen molar-refractivity contribution in [3.63, 3.8) is 0 Å². The topological polar surface area (TPSA) is 63.6 Å². The van der Waals surface area contributed by atoms with Crippen LogP contribution in [0.25, 0.3) is 0 Å². The Morgan fingerprint density at radius 2 is 2.09 bits per heavy atom. The van der Waals surface area contributed by atoms with Crippen molar-refractivity contribution in [1.82, 2.24) is 14.3 Å². The molecule has 2 aromatic rings. The number of rotatable bonds is 4. The summed E-state index contributed by atoms with van der Waals surface area (Å²) >= 11 is 0. The highest BCUT2D eigenvalue weighted by atomic mass is 19.1. The maximum Gasteiger partial charge on any atom is 0.346 e. The second-order valence-electron chi connectivity index (χ2n) is 5.51. The van der Waals surface area contributed by atoms with Gasteiger partial charge in [0.05, 0.1) is 18.7 Å². The number of halogens is 2. The maximum absolute atomic E-state index is 13.4. The molecule has 0 spiro atoms. The lowest BCUT2D eigenvalue weighted by Crippen LogP contribution is -2.27. The van der Waals surface area contributed by atoms with Gasteiger partial charge in [0.2, 0.25) is 0 Å². The van der Waals surface area contributed by atoms with E-state index >= 15 is 0 Å². The van der Waals surface area contributed by atoms with Crippen LogP contribution in [0, 0.1) is 23.0 Å². The van der Waals surface area contributed by atoms with Crippen LogP contribution in [0.5, 0.6) is 0 Å². The Kier molecular flexibility index (Phi) is 3.82. The Morgan fingerprint density at radius 1 is 1.39 bits per heavy atom. The predicted molar refractivity (Wildman–Crippen MR) is 78.7 cm³/mol. The molecular weight excluding hydrogens is 302 g/mol. The van der Waals surface area contributed by atoms with Gasteiger partial charge in [0.15, 0.2) is 0 Å². The zero-order valence-corrected chi connectivity index (χ0v) is 12.3. The summed E-state index contributed by atoms with van der Waals surface area (Å²) in [6, 6.07) is 4.79. The van der Waals surface area contributed by atoms with Crippen molar-refractivity contribution >= 4 is 0 Å². The van der Waals surface area contributed by atoms with Crippen LogP contribution in [-0.2, 0) is 13.0 Å². The van der Waals surface area contributed by atoms with Crippen LogP contribution in [0.3, 0.4) is 0 Å². The molecule has 23 heavy (non-hydrogen) atoms. The molecule has 0 saturated carbocycles. The smallest absolute Gasteiger partial charge is 0.271 e. The highest BCUT2D eigenvalue weighted by molar-refractivity contribution is 5.24. The van der Waals surface area contributed by atoms with Crippen molar-refractivity contribution < 1.29 is 8.78 Å². The molecule has 0 amide bonds. The molecule has 2 heterocycles. The first-order valence-corrected chi connectivity index (χ1v) is 7.21. The molecule has 0 aliphatic carbocycles. The van der Waals surface area contributed by atoms with Crippen molar-refractivity contribution in [2.45, 2.75) is 31.8 Å². The van der Waals surface area contributed by atoms with Crippen LogP contribution in [-0.4, -0.2) is 14.3 Å². The fraction of sp³-hybridized carbons (Fsp3) is 0.312. The average molecular weight is 316 g/mol. The summed E-state index contributed by atoms with van der Waals surface area (Å²) in [6.07, 6.45) is 1.47. The number of aromatic nitrogens is 3. The molecule has 1 unspecified atom stereocenters. The Labute approximate surface area is 131 Å². The number of hydrogen-bond donors (Lipinski definition) is 0. The van der Waals surface area contributed by atoms with Crippen molar-refractivity contribution in [1.29, 1.82) is 5.26 Å². The number of nitriles is 1. The van der Waals surface area contributed by atoms with Gasteiger partial charge in [-0.15, -0.1) is 0 Å². The molecule has 3 rings (SSSR count). The third kappa shape index (κ3) is 2.80. The fourth-order valence-corrected chi connectivity index (χ4v) is 2.87. The summed E-state index contributed by atoms with van der Waals surface area (Å²) in [5, 5.41) is 13.0. The van der Waals surface area contributed by atoms with E-state index in [1.165, 1.54) is 21.4 Å². The Hall–Kier alpha value is -2.75. The molecule has 0 fully saturated rings. The van der Waals surface area contributed by atoms with E-state index in [-0.39, 0.29) is 12.2 Å². The van der Waals surface area contributed by atoms with E-state index in [0.29, 0.717) is 36.2 Å². The van der Waals surface area contributed by atoms with Gasteiger partial charge in [-0.2, -0.15) is 10.4 Å². The predicted octanol–water partition coefficient (Wildman–Crippen LogP) is 2.33. The van der Waals surface area contributed by atoms with Gasteiger partial charge in [0.25, 0.3) is 0 Å². The van der Waals surface area contributed by atoms with Gasteiger partial charge in [-0.1, -0.05) is 6.58 Å². The van der Waals surface area contributed by atoms with Gasteiger partial charge >= 0.3 is 5.69 Å². The SMILES string of the molecule is C=C(C#N)CCn1nc2n(c1=O)C(c1cc(F)cc(F)c1)CC2. The monoisotopic (exact) mass is 316 g/mol. The molecule has 118 valence electrons. The normalized spacial score (nSPS) is 16.1. The van der Waals surface area contributed by atoms with Crippen LogP contribution in [0.4, 0.5) is 8.78 Å². The van der Waals surface area contributed by atoms with E-state index in [0.717, 1.165) is 6.07 Å². The lowest BCUT2D eigenvalue weighted by molar-refractivity contribution is 0.526. The second kappa shape index (κ2) is 5.80. The van der Waals surface area contributed by atoms with Crippen molar-refractivity contribution in [2.24, 2.45) is 0 Å². The molecule has 1 aliphatic rings. The number of hydrogen-bond acceptors (Lipinski definition) is 3. The van der Waals surface area contributed by atoms with Gasteiger partial charge < -0.3 is 0 Å². The van der Waals surface area contributed by atoms with Crippen molar-refractivity contribution in [3.05, 3.63) is 63.9 Å². The minimum atomic E-state index is -0.667. The Morgan fingerprint density at radius 3 is 2.74 bits per heavy atom. The van der Waals surface area contributed by atoms with E-state index in [1.54, 1.807) is 0 Å². The average Bonchev–Trinajstić information content (AvgIpc) is 3.04. The van der Waals surface area contributed by atoms with Gasteiger partial charge in [-0.05, 0) is 24.1 Å². The zero-order chi connectivity index (χ0) is 16.6. The van der Waals surface area contributed by atoms with Gasteiger partial charge in [0.1, 0.15) is 17.5 Å². The van der Waals surface area contributed by atoms with Gasteiger partial charge in [-0.3, -0.25) is 4.57 Å². The lowest BCUT2D eigenvalue weighted by Gasteiger charge is -2.12. The summed E-state index contributed by atoms with van der Waals surface area (Å²) < 4.78 is 29.6. The number of aryl methyl sites for hydroxylation is 2. The lowest BCUT2D eigenvalue weighted by atomic mass is 10.0. The number of nitrogens with zero attached hydrogens (tertiary/aromatic N) is 4. The summed E-state index contributed by atoms with van der Waals surface area (Å²) in [5.74, 6) is -0.745. The van der Waals surface area contributed by atoms with E-state index in [9.17, 15) is 13.6 Å². The first-order chi connectivity index (χ1) is 11.0. The quantitative estimate of drug-likeness (QED) is 0.813. The molecule has 1 aromatic carbocycles.